The van der Waals surface area contributed by atoms with Gasteiger partial charge >= 0.3 is 0 Å². The first-order valence-corrected chi connectivity index (χ1v) is 7.01. The minimum Gasteiger partial charge on any atom is -0.382 e. The number of hydrogen-bond acceptors (Lipinski definition) is 9. The first-order chi connectivity index (χ1) is 12.0. The van der Waals surface area contributed by atoms with Crippen molar-refractivity contribution in [3.8, 4) is 5.69 Å². The Bertz CT molecular complexity index is 940. The molecule has 0 aliphatic heterocycles. The average Bonchev–Trinajstić information content (AvgIpc) is 2.99. The van der Waals surface area contributed by atoms with Crippen molar-refractivity contribution in [1.82, 2.24) is 19.7 Å². The zero-order valence-corrected chi connectivity index (χ0v) is 12.9. The maximum absolute atomic E-state index is 11.6. The van der Waals surface area contributed by atoms with Crippen LogP contribution >= 0.6 is 0 Å². The normalized spacial score (nSPS) is 11.0. The number of hydrogen-bond donors (Lipinski definition) is 4. The molecule has 1 amide bonds. The molecule has 0 saturated heterocycles. The van der Waals surface area contributed by atoms with Gasteiger partial charge < -0.3 is 22.9 Å². The summed E-state index contributed by atoms with van der Waals surface area (Å²) in [6.45, 7) is 0. The zero-order chi connectivity index (χ0) is 18.0. The van der Waals surface area contributed by atoms with Gasteiger partial charge in [-0.05, 0) is 12.1 Å². The average molecular weight is 338 g/mol. The van der Waals surface area contributed by atoms with Gasteiger partial charge in [-0.3, -0.25) is 4.79 Å². The molecule has 0 fully saturated rings. The van der Waals surface area contributed by atoms with Gasteiger partial charge in [0.25, 0.3) is 5.91 Å². The van der Waals surface area contributed by atoms with Gasteiger partial charge in [0.2, 0.25) is 5.95 Å². The van der Waals surface area contributed by atoms with Crippen LogP contribution in [-0.2, 0) is 0 Å². The largest absolute Gasteiger partial charge is 0.382 e. The molecule has 2 aromatic heterocycles. The second-order valence-corrected chi connectivity index (χ2v) is 4.89. The Kier molecular flexibility index (Phi) is 3.95. The van der Waals surface area contributed by atoms with Crippen LogP contribution in [0, 0.1) is 0 Å². The van der Waals surface area contributed by atoms with Gasteiger partial charge in [-0.2, -0.15) is 15.1 Å². The highest BCUT2D eigenvalue weighted by Crippen LogP contribution is 2.30. The SMILES string of the molecule is NC(=O)c1cnn(-c2ccccc2)c1/N=N/c1c(N)nc(N)nc1N. The summed E-state index contributed by atoms with van der Waals surface area (Å²) in [7, 11) is 0. The standard InChI is InChI=1S/C14H14N10O/c15-10-9(11(16)21-14(18)20-10)22-23-13-8(12(17)25)6-19-24(13)7-4-2-1-3-5-7/h1-6H,(H2,17,25)(H6,15,16,18,20,21)/b23-22+. The first-order valence-electron chi connectivity index (χ1n) is 7.01. The van der Waals surface area contributed by atoms with Crippen molar-refractivity contribution in [3.05, 3.63) is 42.1 Å². The van der Waals surface area contributed by atoms with E-state index in [1.807, 2.05) is 18.2 Å². The lowest BCUT2D eigenvalue weighted by Gasteiger charge is -2.05. The molecule has 1 aromatic carbocycles. The molecule has 0 aliphatic rings. The fourth-order valence-corrected chi connectivity index (χ4v) is 2.08. The van der Waals surface area contributed by atoms with Crippen LogP contribution in [0.5, 0.6) is 0 Å². The van der Waals surface area contributed by atoms with Crippen molar-refractivity contribution in [2.75, 3.05) is 17.2 Å². The molecule has 0 unspecified atom stereocenters. The number of nitrogen functional groups attached to an aromatic ring is 3. The van der Waals surface area contributed by atoms with Crippen LogP contribution in [0.4, 0.5) is 29.1 Å². The van der Waals surface area contributed by atoms with Crippen LogP contribution in [0.3, 0.4) is 0 Å². The Hall–Kier alpha value is -4.02. The van der Waals surface area contributed by atoms with E-state index in [1.165, 1.54) is 10.9 Å². The summed E-state index contributed by atoms with van der Waals surface area (Å²) >= 11 is 0. The molecule has 3 aromatic rings. The fraction of sp³-hybridized carbons (Fsp3) is 0. The lowest BCUT2D eigenvalue weighted by Crippen LogP contribution is -2.10. The van der Waals surface area contributed by atoms with E-state index in [1.54, 1.807) is 12.1 Å². The van der Waals surface area contributed by atoms with Crippen molar-refractivity contribution in [2.45, 2.75) is 0 Å². The van der Waals surface area contributed by atoms with Gasteiger partial charge in [-0.1, -0.05) is 18.2 Å². The molecule has 8 N–H and O–H groups in total. The summed E-state index contributed by atoms with van der Waals surface area (Å²) < 4.78 is 1.41. The van der Waals surface area contributed by atoms with Gasteiger partial charge in [0.05, 0.1) is 11.9 Å². The molecule has 11 heteroatoms. The minimum absolute atomic E-state index is 0.0328. The zero-order valence-electron chi connectivity index (χ0n) is 12.9. The lowest BCUT2D eigenvalue weighted by atomic mass is 10.3. The quantitative estimate of drug-likeness (QED) is 0.508. The topological polar surface area (TPSA) is 189 Å². The summed E-state index contributed by atoms with van der Waals surface area (Å²) in [6.07, 6.45) is 1.30. The van der Waals surface area contributed by atoms with Crippen LogP contribution in [0.1, 0.15) is 10.4 Å². The van der Waals surface area contributed by atoms with Gasteiger partial charge in [0.1, 0.15) is 5.56 Å². The number of anilines is 3. The third kappa shape index (κ3) is 3.06. The second-order valence-electron chi connectivity index (χ2n) is 4.89. The van der Waals surface area contributed by atoms with Gasteiger partial charge in [0.15, 0.2) is 23.1 Å². The summed E-state index contributed by atoms with van der Waals surface area (Å²) in [6, 6.07) is 9.03. The highest BCUT2D eigenvalue weighted by atomic mass is 16.1. The summed E-state index contributed by atoms with van der Waals surface area (Å²) in [4.78, 5) is 19.2. The number of para-hydroxylation sites is 1. The van der Waals surface area contributed by atoms with Crippen molar-refractivity contribution < 1.29 is 4.79 Å². The molecule has 0 radical (unpaired) electrons. The number of primary amides is 1. The second kappa shape index (κ2) is 6.23. The third-order valence-corrected chi connectivity index (χ3v) is 3.21. The monoisotopic (exact) mass is 338 g/mol. The van der Waals surface area contributed by atoms with E-state index in [9.17, 15) is 4.79 Å². The predicted octanol–water partition coefficient (Wildman–Crippen LogP) is 0.923. The molecule has 0 spiro atoms. The molecule has 126 valence electrons. The number of carbonyl (C=O) groups excluding carboxylic acids is 1. The van der Waals surface area contributed by atoms with Crippen molar-refractivity contribution in [1.29, 1.82) is 0 Å². The number of amides is 1. The number of aromatic nitrogens is 4. The maximum Gasteiger partial charge on any atom is 0.254 e. The maximum atomic E-state index is 11.6. The number of benzene rings is 1. The van der Waals surface area contributed by atoms with Crippen LogP contribution in [-0.4, -0.2) is 25.7 Å². The number of nitrogens with zero attached hydrogens (tertiary/aromatic N) is 6. The number of azo groups is 1. The van der Waals surface area contributed by atoms with Crippen LogP contribution in [0.25, 0.3) is 5.69 Å². The lowest BCUT2D eigenvalue weighted by molar-refractivity contribution is 0.100. The molecule has 3 rings (SSSR count). The van der Waals surface area contributed by atoms with E-state index < -0.39 is 5.91 Å². The van der Waals surface area contributed by atoms with Crippen LogP contribution < -0.4 is 22.9 Å². The molecule has 0 aliphatic carbocycles. The first kappa shape index (κ1) is 15.9. The summed E-state index contributed by atoms with van der Waals surface area (Å²) in [5.74, 6) is -0.749. The van der Waals surface area contributed by atoms with E-state index >= 15 is 0 Å². The van der Waals surface area contributed by atoms with E-state index in [-0.39, 0.29) is 34.7 Å². The van der Waals surface area contributed by atoms with Gasteiger partial charge in [-0.25, -0.2) is 4.68 Å². The molecule has 11 nitrogen and oxygen atoms in total. The fourth-order valence-electron chi connectivity index (χ4n) is 2.08. The molecule has 2 heterocycles. The van der Waals surface area contributed by atoms with Crippen molar-refractivity contribution in [2.24, 2.45) is 16.0 Å². The van der Waals surface area contributed by atoms with Crippen LogP contribution in [0.15, 0.2) is 46.8 Å². The van der Waals surface area contributed by atoms with E-state index in [0.29, 0.717) is 5.69 Å². The highest BCUT2D eigenvalue weighted by molar-refractivity contribution is 5.97. The predicted molar refractivity (Wildman–Crippen MR) is 91.5 cm³/mol. The minimum atomic E-state index is -0.703. The van der Waals surface area contributed by atoms with Gasteiger partial charge in [-0.15, -0.1) is 10.2 Å². The number of carbonyl (C=O) groups is 1. The Balaban J connectivity index is 2.11. The highest BCUT2D eigenvalue weighted by Gasteiger charge is 2.17. The molecule has 0 bridgehead atoms. The molecular weight excluding hydrogens is 324 g/mol. The van der Waals surface area contributed by atoms with Crippen molar-refractivity contribution in [3.63, 3.8) is 0 Å². The summed E-state index contributed by atoms with van der Waals surface area (Å²) in [5.41, 5.74) is 23.1. The molecule has 25 heavy (non-hydrogen) atoms. The van der Waals surface area contributed by atoms with E-state index in [0.717, 1.165) is 0 Å². The third-order valence-electron chi connectivity index (χ3n) is 3.21. The molecule has 0 atom stereocenters. The van der Waals surface area contributed by atoms with Crippen molar-refractivity contribution >= 4 is 35.0 Å². The molecular formula is C14H14N10O. The Morgan fingerprint density at radius 2 is 1.64 bits per heavy atom. The Morgan fingerprint density at radius 3 is 2.24 bits per heavy atom. The smallest absolute Gasteiger partial charge is 0.254 e. The Labute approximate surface area is 141 Å². The molecule has 0 saturated carbocycles. The van der Waals surface area contributed by atoms with Crippen LogP contribution in [0.2, 0.25) is 0 Å². The number of nitrogens with two attached hydrogens (primary N) is 4. The number of rotatable bonds is 4. The van der Waals surface area contributed by atoms with E-state index in [2.05, 4.69) is 25.3 Å². The Morgan fingerprint density at radius 1 is 1.00 bits per heavy atom. The summed E-state index contributed by atoms with van der Waals surface area (Å²) in [5, 5.41) is 12.1. The van der Waals surface area contributed by atoms with E-state index in [4.69, 9.17) is 22.9 Å². The van der Waals surface area contributed by atoms with Gasteiger partial charge in [0, 0.05) is 0 Å².